The highest BCUT2D eigenvalue weighted by molar-refractivity contribution is 5.75. The molecule has 0 saturated heterocycles. The maximum atomic E-state index is 13.4. The Balaban J connectivity index is 3.06. The third kappa shape index (κ3) is 2.98. The van der Waals surface area contributed by atoms with Crippen LogP contribution in [0.15, 0.2) is 12.1 Å². The molecule has 8 heteroatoms. The molecule has 0 radical (unpaired) electrons. The molecule has 0 aliphatic heterocycles. The summed E-state index contributed by atoms with van der Waals surface area (Å²) in [6.45, 7) is 0. The summed E-state index contributed by atoms with van der Waals surface area (Å²) in [4.78, 5) is 20.5. The molecule has 0 unspecified atom stereocenters. The van der Waals surface area contributed by atoms with Crippen molar-refractivity contribution in [2.75, 3.05) is 7.11 Å². The number of nitro groups is 1. The lowest BCUT2D eigenvalue weighted by molar-refractivity contribution is -0.387. The molecule has 0 bridgehead atoms. The average molecular weight is 260 g/mol. The van der Waals surface area contributed by atoms with E-state index >= 15 is 0 Å². The van der Waals surface area contributed by atoms with Crippen LogP contribution in [0.5, 0.6) is 0 Å². The fraction of sp³-hybridized carbons (Fsp3) is 0.300. The number of nitro benzene ring substituents is 1. The van der Waals surface area contributed by atoms with Gasteiger partial charge in [-0.2, -0.15) is 4.39 Å². The predicted molar refractivity (Wildman–Crippen MR) is 56.7 cm³/mol. The molecule has 0 saturated carbocycles. The van der Waals surface area contributed by atoms with Gasteiger partial charge in [0.25, 0.3) is 0 Å². The molecule has 2 N–H and O–H groups in total. The fourth-order valence-electron chi connectivity index (χ4n) is 1.35. The molecule has 1 aromatic carbocycles. The minimum absolute atomic E-state index is 0.221. The molecule has 6 nitrogen and oxygen atoms in total. The van der Waals surface area contributed by atoms with Crippen LogP contribution in [0.25, 0.3) is 0 Å². The van der Waals surface area contributed by atoms with Gasteiger partial charge in [-0.05, 0) is 5.56 Å². The van der Waals surface area contributed by atoms with E-state index in [-0.39, 0.29) is 12.0 Å². The van der Waals surface area contributed by atoms with Crippen LogP contribution in [0, 0.1) is 21.7 Å². The van der Waals surface area contributed by atoms with Gasteiger partial charge in [0.2, 0.25) is 5.82 Å². The van der Waals surface area contributed by atoms with Crippen molar-refractivity contribution in [1.29, 1.82) is 0 Å². The number of hydrogen-bond donors (Lipinski definition) is 1. The second-order valence-corrected chi connectivity index (χ2v) is 3.49. The average Bonchev–Trinajstić information content (AvgIpc) is 2.30. The Morgan fingerprint density at radius 2 is 2.11 bits per heavy atom. The monoisotopic (exact) mass is 260 g/mol. The van der Waals surface area contributed by atoms with Gasteiger partial charge in [0.1, 0.15) is 11.9 Å². The van der Waals surface area contributed by atoms with E-state index < -0.39 is 34.3 Å². The van der Waals surface area contributed by atoms with E-state index in [2.05, 4.69) is 4.74 Å². The van der Waals surface area contributed by atoms with Gasteiger partial charge in [-0.3, -0.25) is 14.9 Å². The number of methoxy groups -OCH3 is 1. The van der Waals surface area contributed by atoms with Gasteiger partial charge >= 0.3 is 11.7 Å². The van der Waals surface area contributed by atoms with Crippen LogP contribution in [0.3, 0.4) is 0 Å². The summed E-state index contributed by atoms with van der Waals surface area (Å²) in [5, 5.41) is 10.5. The van der Waals surface area contributed by atoms with E-state index in [9.17, 15) is 23.7 Å². The fourth-order valence-corrected chi connectivity index (χ4v) is 1.35. The Morgan fingerprint density at radius 1 is 1.50 bits per heavy atom. The molecule has 0 fully saturated rings. The summed E-state index contributed by atoms with van der Waals surface area (Å²) in [5.41, 5.74) is 4.29. The van der Waals surface area contributed by atoms with Crippen LogP contribution < -0.4 is 5.73 Å². The molecule has 0 aromatic heterocycles. The molecule has 98 valence electrons. The highest BCUT2D eigenvalue weighted by Gasteiger charge is 2.22. The van der Waals surface area contributed by atoms with Crippen molar-refractivity contribution in [3.05, 3.63) is 39.4 Å². The second-order valence-electron chi connectivity index (χ2n) is 3.49. The third-order valence-corrected chi connectivity index (χ3v) is 2.26. The van der Waals surface area contributed by atoms with Crippen molar-refractivity contribution in [3.63, 3.8) is 0 Å². The number of benzene rings is 1. The maximum Gasteiger partial charge on any atom is 0.322 e. The SMILES string of the molecule is COC(=O)[C@@H](N)Cc1cc([N+](=O)[O-])c(F)cc1F. The summed E-state index contributed by atoms with van der Waals surface area (Å²) < 4.78 is 30.7. The lowest BCUT2D eigenvalue weighted by Crippen LogP contribution is -2.34. The number of nitrogens with zero attached hydrogens (tertiary/aromatic N) is 1. The Kier molecular flexibility index (Phi) is 4.27. The third-order valence-electron chi connectivity index (χ3n) is 2.26. The van der Waals surface area contributed by atoms with E-state index in [4.69, 9.17) is 5.73 Å². The predicted octanol–water partition coefficient (Wildman–Crippen LogP) is 0.916. The Labute approximate surface area is 100 Å². The van der Waals surface area contributed by atoms with Crippen LogP contribution in [0.4, 0.5) is 14.5 Å². The number of ether oxygens (including phenoxy) is 1. The van der Waals surface area contributed by atoms with Gasteiger partial charge in [0.05, 0.1) is 12.0 Å². The summed E-state index contributed by atoms with van der Waals surface area (Å²) in [5.74, 6) is -3.08. The molecule has 0 spiro atoms. The van der Waals surface area contributed by atoms with Crippen molar-refractivity contribution in [3.8, 4) is 0 Å². The summed E-state index contributed by atoms with van der Waals surface area (Å²) in [6.07, 6.45) is -0.320. The van der Waals surface area contributed by atoms with Crippen LogP contribution in [-0.4, -0.2) is 24.0 Å². The molecular weight excluding hydrogens is 250 g/mol. The zero-order valence-electron chi connectivity index (χ0n) is 9.35. The van der Waals surface area contributed by atoms with Gasteiger partial charge in [0.15, 0.2) is 0 Å². The minimum Gasteiger partial charge on any atom is -0.468 e. The van der Waals surface area contributed by atoms with Crippen molar-refractivity contribution >= 4 is 11.7 Å². The number of esters is 1. The van der Waals surface area contributed by atoms with Crippen molar-refractivity contribution in [2.24, 2.45) is 5.73 Å². The van der Waals surface area contributed by atoms with Gasteiger partial charge in [0, 0.05) is 18.6 Å². The first-order valence-corrected chi connectivity index (χ1v) is 4.82. The van der Waals surface area contributed by atoms with Crippen molar-refractivity contribution in [2.45, 2.75) is 12.5 Å². The van der Waals surface area contributed by atoms with Crippen molar-refractivity contribution < 1.29 is 23.2 Å². The summed E-state index contributed by atoms with van der Waals surface area (Å²) in [6, 6.07) is -0.0696. The van der Waals surface area contributed by atoms with E-state index in [1.54, 1.807) is 0 Å². The van der Waals surface area contributed by atoms with Crippen LogP contribution in [-0.2, 0) is 16.0 Å². The van der Waals surface area contributed by atoms with E-state index in [0.717, 1.165) is 7.11 Å². The summed E-state index contributed by atoms with van der Waals surface area (Å²) >= 11 is 0. The molecular formula is C10H10F2N2O4. The lowest BCUT2D eigenvalue weighted by Gasteiger charge is -2.09. The maximum absolute atomic E-state index is 13.4. The first kappa shape index (κ1) is 14.0. The first-order valence-electron chi connectivity index (χ1n) is 4.82. The number of nitrogens with two attached hydrogens (primary N) is 1. The molecule has 0 aliphatic rings. The molecule has 0 aliphatic carbocycles. The number of carbonyl (C=O) groups excluding carboxylic acids is 1. The van der Waals surface area contributed by atoms with Crippen molar-refractivity contribution in [1.82, 2.24) is 0 Å². The minimum atomic E-state index is -1.28. The second kappa shape index (κ2) is 5.50. The molecule has 0 amide bonds. The van der Waals surface area contributed by atoms with E-state index in [1.807, 2.05) is 0 Å². The van der Waals surface area contributed by atoms with E-state index in [0.29, 0.717) is 12.1 Å². The Morgan fingerprint density at radius 3 is 2.61 bits per heavy atom. The number of halogens is 2. The van der Waals surface area contributed by atoms with Gasteiger partial charge in [-0.25, -0.2) is 4.39 Å². The summed E-state index contributed by atoms with van der Waals surface area (Å²) in [7, 11) is 1.10. The highest BCUT2D eigenvalue weighted by atomic mass is 19.1. The molecule has 1 aromatic rings. The van der Waals surface area contributed by atoms with E-state index in [1.165, 1.54) is 0 Å². The first-order chi connectivity index (χ1) is 8.36. The van der Waals surface area contributed by atoms with Gasteiger partial charge in [-0.15, -0.1) is 0 Å². The van der Waals surface area contributed by atoms with Crippen LogP contribution in [0.1, 0.15) is 5.56 Å². The Hall–Kier alpha value is -2.09. The number of rotatable bonds is 4. The smallest absolute Gasteiger partial charge is 0.322 e. The molecule has 0 heterocycles. The normalized spacial score (nSPS) is 12.0. The quantitative estimate of drug-likeness (QED) is 0.493. The van der Waals surface area contributed by atoms with Crippen LogP contribution >= 0.6 is 0 Å². The highest BCUT2D eigenvalue weighted by Crippen LogP contribution is 2.22. The largest absolute Gasteiger partial charge is 0.468 e. The van der Waals surface area contributed by atoms with Gasteiger partial charge in [-0.1, -0.05) is 0 Å². The zero-order chi connectivity index (χ0) is 13.9. The molecule has 18 heavy (non-hydrogen) atoms. The van der Waals surface area contributed by atoms with Crippen LogP contribution in [0.2, 0.25) is 0 Å². The standard InChI is InChI=1S/C10H10F2N2O4/c1-18-10(15)8(13)2-5-3-9(14(16)17)7(12)4-6(5)11/h3-4,8H,2,13H2,1H3/t8-/m0/s1. The van der Waals surface area contributed by atoms with Gasteiger partial charge < -0.3 is 10.5 Å². The number of hydrogen-bond acceptors (Lipinski definition) is 5. The molecule has 1 atom stereocenters. The Bertz CT molecular complexity index is 493. The number of carbonyl (C=O) groups is 1. The lowest BCUT2D eigenvalue weighted by atomic mass is 10.0. The topological polar surface area (TPSA) is 95.5 Å². The molecule has 1 rings (SSSR count). The zero-order valence-corrected chi connectivity index (χ0v) is 9.35.